The van der Waals surface area contributed by atoms with Crippen molar-refractivity contribution >= 4 is 12.2 Å². The molecule has 0 aliphatic heterocycles. The Bertz CT molecular complexity index is 644. The molecule has 0 amide bonds. The maximum absolute atomic E-state index is 11.2. The Morgan fingerprint density at radius 1 is 1.10 bits per heavy atom. The summed E-state index contributed by atoms with van der Waals surface area (Å²) in [5.74, 6) is 0.321. The molecule has 168 valence electrons. The molecule has 1 aromatic carbocycles. The molecule has 1 aromatic rings. The fourth-order valence-electron chi connectivity index (χ4n) is 3.12. The molecule has 0 bridgehead atoms. The summed E-state index contributed by atoms with van der Waals surface area (Å²) in [5.41, 5.74) is 1.16. The first-order valence-corrected chi connectivity index (χ1v) is 10.5. The van der Waals surface area contributed by atoms with E-state index in [4.69, 9.17) is 14.3 Å². The number of methoxy groups -OCH3 is 2. The lowest BCUT2D eigenvalue weighted by Gasteiger charge is -2.27. The smallest absolute Gasteiger partial charge is 0.309 e. The number of hydrogen-bond acceptors (Lipinski definition) is 6. The average Bonchev–Trinajstić information content (AvgIpc) is 2.74. The van der Waals surface area contributed by atoms with Gasteiger partial charge < -0.3 is 19.0 Å². The molecule has 6 nitrogen and oxygen atoms in total. The number of benzene rings is 1. The zero-order valence-corrected chi connectivity index (χ0v) is 19.1. The first-order valence-electron chi connectivity index (χ1n) is 10.5. The van der Waals surface area contributed by atoms with Crippen molar-refractivity contribution in [3.8, 4) is 0 Å². The van der Waals surface area contributed by atoms with E-state index in [2.05, 4.69) is 42.8 Å². The van der Waals surface area contributed by atoms with Crippen molar-refractivity contribution in [2.45, 2.75) is 52.9 Å². The highest BCUT2D eigenvalue weighted by molar-refractivity contribution is 5.71. The second kappa shape index (κ2) is 14.7. The minimum absolute atomic E-state index is 0.0436. The summed E-state index contributed by atoms with van der Waals surface area (Å²) in [6.07, 6.45) is 5.39. The Morgan fingerprint density at radius 2 is 1.80 bits per heavy atom. The zero-order chi connectivity index (χ0) is 22.4. The average molecular weight is 420 g/mol. The highest BCUT2D eigenvalue weighted by Gasteiger charge is 2.22. The van der Waals surface area contributed by atoms with Gasteiger partial charge in [-0.3, -0.25) is 4.79 Å². The predicted molar refractivity (Wildman–Crippen MR) is 119 cm³/mol. The molecular weight excluding hydrogens is 382 g/mol. The van der Waals surface area contributed by atoms with E-state index in [1.165, 1.54) is 7.11 Å². The third-order valence-electron chi connectivity index (χ3n) is 4.87. The van der Waals surface area contributed by atoms with Gasteiger partial charge in [-0.05, 0) is 11.5 Å². The lowest BCUT2D eigenvalue weighted by Crippen LogP contribution is -2.30. The molecule has 0 heterocycles. The van der Waals surface area contributed by atoms with Crippen molar-refractivity contribution in [3.63, 3.8) is 0 Å². The first-order chi connectivity index (χ1) is 14.4. The van der Waals surface area contributed by atoms with Gasteiger partial charge in [0.05, 0.1) is 32.5 Å². The van der Waals surface area contributed by atoms with E-state index in [1.807, 2.05) is 31.2 Å². The summed E-state index contributed by atoms with van der Waals surface area (Å²) in [4.78, 5) is 16.7. The molecule has 1 rings (SSSR count). The van der Waals surface area contributed by atoms with E-state index in [1.54, 1.807) is 19.4 Å². The van der Waals surface area contributed by atoms with Crippen LogP contribution in [0.5, 0.6) is 0 Å². The van der Waals surface area contributed by atoms with Crippen LogP contribution in [0.1, 0.15) is 39.7 Å². The van der Waals surface area contributed by atoms with E-state index in [9.17, 15) is 4.79 Å². The van der Waals surface area contributed by atoms with Crippen molar-refractivity contribution in [1.29, 1.82) is 0 Å². The molecule has 0 radical (unpaired) electrons. The van der Waals surface area contributed by atoms with Crippen molar-refractivity contribution in [2.24, 2.45) is 22.9 Å². The van der Waals surface area contributed by atoms with Crippen LogP contribution in [0, 0.1) is 17.8 Å². The van der Waals surface area contributed by atoms with Crippen LogP contribution in [0.25, 0.3) is 0 Å². The number of rotatable bonds is 14. The summed E-state index contributed by atoms with van der Waals surface area (Å²) in [6, 6.07) is 10.2. The van der Waals surface area contributed by atoms with Gasteiger partial charge in [-0.25, -0.2) is 0 Å². The third-order valence-corrected chi connectivity index (χ3v) is 4.87. The zero-order valence-electron chi connectivity index (χ0n) is 19.1. The highest BCUT2D eigenvalue weighted by Crippen LogP contribution is 2.19. The quantitative estimate of drug-likeness (QED) is 0.190. The van der Waals surface area contributed by atoms with E-state index >= 15 is 0 Å². The van der Waals surface area contributed by atoms with Crippen LogP contribution in [0.4, 0.5) is 0 Å². The molecule has 0 saturated carbocycles. The molecule has 0 spiro atoms. The molecule has 0 aliphatic rings. The minimum atomic E-state index is -0.271. The number of esters is 1. The van der Waals surface area contributed by atoms with Crippen LogP contribution in [0.3, 0.4) is 0 Å². The Balaban J connectivity index is 2.48. The van der Waals surface area contributed by atoms with Gasteiger partial charge in [0.1, 0.15) is 12.7 Å². The monoisotopic (exact) mass is 419 g/mol. The maximum atomic E-state index is 11.2. The SMILES string of the molecule is COC(=O)C/C=C/[C@@H](C)[C@@H](/C=N/OC[C@@H](C)[C@H](OCc1ccccc1)C(C)C)OC. The highest BCUT2D eigenvalue weighted by atomic mass is 16.6. The molecule has 0 unspecified atom stereocenters. The molecule has 0 aliphatic carbocycles. The van der Waals surface area contributed by atoms with Crippen molar-refractivity contribution in [1.82, 2.24) is 0 Å². The number of oxime groups is 1. The molecule has 4 atom stereocenters. The summed E-state index contributed by atoms with van der Waals surface area (Å²) in [5, 5.41) is 4.09. The molecule has 30 heavy (non-hydrogen) atoms. The van der Waals surface area contributed by atoms with Crippen molar-refractivity contribution in [2.75, 3.05) is 20.8 Å². The van der Waals surface area contributed by atoms with Gasteiger partial charge in [-0.2, -0.15) is 0 Å². The van der Waals surface area contributed by atoms with Crippen LogP contribution in [0.2, 0.25) is 0 Å². The van der Waals surface area contributed by atoms with Crippen LogP contribution >= 0.6 is 0 Å². The third kappa shape index (κ3) is 10.0. The lowest BCUT2D eigenvalue weighted by molar-refractivity contribution is -0.139. The van der Waals surface area contributed by atoms with Crippen LogP contribution in [-0.2, 0) is 30.4 Å². The van der Waals surface area contributed by atoms with Crippen LogP contribution in [0.15, 0.2) is 47.6 Å². The number of carbonyl (C=O) groups is 1. The largest absolute Gasteiger partial charge is 0.469 e. The van der Waals surface area contributed by atoms with Crippen molar-refractivity contribution in [3.05, 3.63) is 48.0 Å². The van der Waals surface area contributed by atoms with Crippen LogP contribution < -0.4 is 0 Å². The Kier molecular flexibility index (Phi) is 12.7. The predicted octanol–water partition coefficient (Wildman–Crippen LogP) is 4.64. The van der Waals surface area contributed by atoms with E-state index in [-0.39, 0.29) is 36.4 Å². The molecule has 0 aromatic heterocycles. The number of ether oxygens (including phenoxy) is 3. The normalized spacial score (nSPS) is 16.0. The fraction of sp³-hybridized carbons (Fsp3) is 0.583. The molecule has 6 heteroatoms. The van der Waals surface area contributed by atoms with Gasteiger partial charge in [0, 0.05) is 18.9 Å². The van der Waals surface area contributed by atoms with E-state index in [0.717, 1.165) is 5.56 Å². The van der Waals surface area contributed by atoms with Gasteiger partial charge in [-0.15, -0.1) is 0 Å². The molecule has 0 saturated heterocycles. The van der Waals surface area contributed by atoms with Gasteiger partial charge in [0.15, 0.2) is 0 Å². The maximum Gasteiger partial charge on any atom is 0.309 e. The second-order valence-electron chi connectivity index (χ2n) is 7.80. The summed E-state index contributed by atoms with van der Waals surface area (Å²) < 4.78 is 16.2. The molecular formula is C24H37NO5. The van der Waals surface area contributed by atoms with Crippen molar-refractivity contribution < 1.29 is 23.8 Å². The number of carbonyl (C=O) groups excluding carboxylic acids is 1. The first kappa shape index (κ1) is 25.9. The molecule has 0 N–H and O–H groups in total. The Labute approximate surface area is 181 Å². The number of nitrogens with zero attached hydrogens (tertiary/aromatic N) is 1. The van der Waals surface area contributed by atoms with E-state index < -0.39 is 0 Å². The standard InChI is InChI=1S/C24H37NO5/c1-18(2)24(29-17-21-12-8-7-9-13-21)20(4)16-30-25-15-22(27-5)19(3)11-10-14-23(26)28-6/h7-13,15,18-20,22,24H,14,16-17H2,1-6H3/b11-10+,25-15+/t19-,20-,22-,24-/m1/s1. The Morgan fingerprint density at radius 3 is 2.40 bits per heavy atom. The van der Waals surface area contributed by atoms with Gasteiger partial charge >= 0.3 is 5.97 Å². The minimum Gasteiger partial charge on any atom is -0.469 e. The Hall–Kier alpha value is -2.18. The lowest BCUT2D eigenvalue weighted by atomic mass is 9.95. The summed E-state index contributed by atoms with van der Waals surface area (Å²) in [6.45, 7) is 9.44. The van der Waals surface area contributed by atoms with E-state index in [0.29, 0.717) is 19.1 Å². The van der Waals surface area contributed by atoms with Gasteiger partial charge in [0.2, 0.25) is 0 Å². The molecule has 0 fully saturated rings. The summed E-state index contributed by atoms with van der Waals surface area (Å²) >= 11 is 0. The van der Waals surface area contributed by atoms with Gasteiger partial charge in [-0.1, -0.05) is 75.3 Å². The second-order valence-corrected chi connectivity index (χ2v) is 7.80. The topological polar surface area (TPSA) is 66.4 Å². The van der Waals surface area contributed by atoms with Gasteiger partial charge in [0.25, 0.3) is 0 Å². The number of hydrogen-bond donors (Lipinski definition) is 0. The van der Waals surface area contributed by atoms with Crippen LogP contribution in [-0.4, -0.2) is 45.2 Å². The summed E-state index contributed by atoms with van der Waals surface area (Å²) in [7, 11) is 3.00. The fourth-order valence-corrected chi connectivity index (χ4v) is 3.12.